The number of hydrogen-bond donors (Lipinski definition) is 0. The molecule has 0 spiro atoms. The Kier molecular flexibility index (Phi) is 9.55. The van der Waals surface area contributed by atoms with Crippen LogP contribution in [0.25, 0.3) is 0 Å². The van der Waals surface area contributed by atoms with Gasteiger partial charge in [-0.3, -0.25) is 5.92 Å². The molecule has 0 atom stereocenters. The van der Waals surface area contributed by atoms with Crippen LogP contribution in [0.2, 0.25) is 0 Å². The summed E-state index contributed by atoms with van der Waals surface area (Å²) >= 11 is 0. The van der Waals surface area contributed by atoms with Gasteiger partial charge in [-0.1, -0.05) is 13.8 Å². The number of rotatable bonds is 5. The van der Waals surface area contributed by atoms with E-state index in [0.29, 0.717) is 12.1 Å². The van der Waals surface area contributed by atoms with Gasteiger partial charge in [0.15, 0.2) is 0 Å². The smallest absolute Gasteiger partial charge is 0.00364 e. The van der Waals surface area contributed by atoms with Crippen LogP contribution >= 0.6 is 0 Å². The minimum absolute atomic E-state index is 0. The summed E-state index contributed by atoms with van der Waals surface area (Å²) in [7, 11) is 0. The molecule has 0 amide bonds. The fourth-order valence-corrected chi connectivity index (χ4v) is 2.32. The Morgan fingerprint density at radius 1 is 1.18 bits per heavy atom. The molecule has 1 aliphatic heterocycles. The molecule has 1 heterocycles. The molecule has 17 heavy (non-hydrogen) atoms. The van der Waals surface area contributed by atoms with Crippen LogP contribution in [-0.2, 0) is 32.7 Å². The molecule has 0 bridgehead atoms. The second-order valence-corrected chi connectivity index (χ2v) is 5.44. The molecule has 0 aromatic carbocycles. The first kappa shape index (κ1) is 18.0. The average molecular weight is 313 g/mol. The van der Waals surface area contributed by atoms with Crippen molar-refractivity contribution in [2.45, 2.75) is 52.6 Å². The molecule has 3 heteroatoms. The summed E-state index contributed by atoms with van der Waals surface area (Å²) in [5.41, 5.74) is 0. The molecule has 1 rings (SSSR count). The van der Waals surface area contributed by atoms with Crippen molar-refractivity contribution < 1.29 is 32.7 Å². The van der Waals surface area contributed by atoms with E-state index < -0.39 is 0 Å². The summed E-state index contributed by atoms with van der Waals surface area (Å²) < 4.78 is 0. The maximum absolute atomic E-state index is 4.02. The first-order valence-electron chi connectivity index (χ1n) is 6.65. The van der Waals surface area contributed by atoms with Crippen LogP contribution in [0, 0.1) is 12.8 Å². The minimum Gasteiger partial charge on any atom is -0.360 e. The van der Waals surface area contributed by atoms with Crippen LogP contribution in [0.5, 0.6) is 0 Å². The van der Waals surface area contributed by atoms with Gasteiger partial charge in [0.1, 0.15) is 0 Å². The van der Waals surface area contributed by atoms with Crippen LogP contribution in [0.3, 0.4) is 0 Å². The third-order valence-corrected chi connectivity index (χ3v) is 3.68. The van der Waals surface area contributed by atoms with Crippen molar-refractivity contribution in [3.8, 4) is 0 Å². The molecule has 1 fully saturated rings. The van der Waals surface area contributed by atoms with Crippen molar-refractivity contribution in [1.29, 1.82) is 0 Å². The zero-order valence-electron chi connectivity index (χ0n) is 12.1. The van der Waals surface area contributed by atoms with Crippen LogP contribution in [0.1, 0.15) is 40.5 Å². The summed E-state index contributed by atoms with van der Waals surface area (Å²) in [6.07, 6.45) is 2.56. The van der Waals surface area contributed by atoms with E-state index in [1.165, 1.54) is 25.9 Å². The van der Waals surface area contributed by atoms with Crippen LogP contribution < -0.4 is 0 Å². The van der Waals surface area contributed by atoms with Gasteiger partial charge in [-0.15, -0.1) is 13.1 Å². The maximum Gasteiger partial charge on any atom is 0.00364 e. The van der Waals surface area contributed by atoms with Crippen LogP contribution in [-0.4, -0.2) is 48.1 Å². The largest absolute Gasteiger partial charge is 0.360 e. The van der Waals surface area contributed by atoms with Crippen molar-refractivity contribution >= 4 is 0 Å². The second kappa shape index (κ2) is 9.01. The van der Waals surface area contributed by atoms with Crippen molar-refractivity contribution in [3.63, 3.8) is 0 Å². The topological polar surface area (TPSA) is 6.48 Å². The number of likely N-dealkylation sites (tertiary alicyclic amines) is 1. The standard InChI is InChI=1S/C14H28N2.Y/c1-6-15(12(2)3)11-14-7-9-16(10-8-14)13(4)5;/h12-13H,1,6-11H2,2-5H3;/q-2;. The Hall–Kier alpha value is 1.02. The van der Waals surface area contributed by atoms with Crippen molar-refractivity contribution in [1.82, 2.24) is 9.80 Å². The Morgan fingerprint density at radius 3 is 2.06 bits per heavy atom. The van der Waals surface area contributed by atoms with Gasteiger partial charge in [-0.05, 0) is 33.0 Å². The Balaban J connectivity index is 0.00000256. The Labute approximate surface area is 133 Å². The summed E-state index contributed by atoms with van der Waals surface area (Å²) in [4.78, 5) is 5.04. The van der Waals surface area contributed by atoms with Crippen molar-refractivity contribution in [3.05, 3.63) is 12.8 Å². The van der Waals surface area contributed by atoms with E-state index in [0.717, 1.165) is 13.1 Å². The molecule has 99 valence electrons. The SMILES string of the molecule is [CH2-]CN(C[C-]1CCN(C(C)C)CC1)C(C)C.[Y]. The molecule has 0 aromatic rings. The van der Waals surface area contributed by atoms with E-state index >= 15 is 0 Å². The zero-order chi connectivity index (χ0) is 12.1. The molecule has 0 N–H and O–H groups in total. The van der Waals surface area contributed by atoms with Crippen LogP contribution in [0.4, 0.5) is 0 Å². The van der Waals surface area contributed by atoms with E-state index in [1.54, 1.807) is 5.92 Å². The van der Waals surface area contributed by atoms with E-state index in [4.69, 9.17) is 0 Å². The quantitative estimate of drug-likeness (QED) is 0.720. The summed E-state index contributed by atoms with van der Waals surface area (Å²) in [6, 6.07) is 1.32. The molecule has 1 aliphatic rings. The third-order valence-electron chi connectivity index (χ3n) is 3.68. The minimum atomic E-state index is 0. The predicted octanol–water partition coefficient (Wildman–Crippen LogP) is 2.61. The molecule has 0 saturated carbocycles. The first-order valence-corrected chi connectivity index (χ1v) is 6.65. The molecular formula is C14H28N2Y-2. The fourth-order valence-electron chi connectivity index (χ4n) is 2.32. The second-order valence-electron chi connectivity index (χ2n) is 5.44. The molecular weight excluding hydrogens is 285 g/mol. The Bertz CT molecular complexity index is 187. The van der Waals surface area contributed by atoms with E-state index in [1.807, 2.05) is 0 Å². The normalized spacial score (nSPS) is 19.1. The van der Waals surface area contributed by atoms with Crippen molar-refractivity contribution in [2.75, 3.05) is 26.2 Å². The monoisotopic (exact) mass is 313 g/mol. The number of nitrogens with zero attached hydrogens (tertiary/aromatic N) is 2. The number of piperidine rings is 1. The van der Waals surface area contributed by atoms with Gasteiger partial charge in [0, 0.05) is 38.8 Å². The molecule has 0 unspecified atom stereocenters. The average Bonchev–Trinajstić information content (AvgIpc) is 2.26. The first-order chi connectivity index (χ1) is 7.54. The van der Waals surface area contributed by atoms with Gasteiger partial charge < -0.3 is 16.7 Å². The summed E-state index contributed by atoms with van der Waals surface area (Å²) in [5.74, 6) is 1.72. The van der Waals surface area contributed by atoms with Gasteiger partial charge in [0.25, 0.3) is 0 Å². The maximum atomic E-state index is 4.02. The van der Waals surface area contributed by atoms with Gasteiger partial charge in [0.2, 0.25) is 0 Å². The third kappa shape index (κ3) is 6.14. The van der Waals surface area contributed by atoms with E-state index in [2.05, 4.69) is 44.4 Å². The molecule has 2 nitrogen and oxygen atoms in total. The van der Waals surface area contributed by atoms with Gasteiger partial charge >= 0.3 is 0 Å². The molecule has 0 aromatic heterocycles. The summed E-state index contributed by atoms with van der Waals surface area (Å²) in [5, 5.41) is 0. The molecule has 1 radical (unpaired) electrons. The van der Waals surface area contributed by atoms with Gasteiger partial charge in [-0.25, -0.2) is 0 Å². The van der Waals surface area contributed by atoms with Gasteiger partial charge in [0.05, 0.1) is 0 Å². The molecule has 1 saturated heterocycles. The van der Waals surface area contributed by atoms with E-state index in [9.17, 15) is 0 Å². The number of hydrogen-bond acceptors (Lipinski definition) is 2. The Morgan fingerprint density at radius 2 is 1.71 bits per heavy atom. The van der Waals surface area contributed by atoms with Crippen molar-refractivity contribution in [2.24, 2.45) is 0 Å². The van der Waals surface area contributed by atoms with Gasteiger partial charge in [-0.2, -0.15) is 12.8 Å². The van der Waals surface area contributed by atoms with Crippen LogP contribution in [0.15, 0.2) is 0 Å². The van der Waals surface area contributed by atoms with E-state index in [-0.39, 0.29) is 32.7 Å². The fraction of sp³-hybridized carbons (Fsp3) is 0.857. The zero-order valence-corrected chi connectivity index (χ0v) is 14.9. The predicted molar refractivity (Wildman–Crippen MR) is 71.3 cm³/mol. The molecule has 0 aliphatic carbocycles. The summed E-state index contributed by atoms with van der Waals surface area (Å²) in [6.45, 7) is 17.7.